The Morgan fingerprint density at radius 1 is 0.756 bits per heavy atom. The van der Waals surface area contributed by atoms with Crippen molar-refractivity contribution in [1.82, 2.24) is 0 Å². The maximum atomic E-state index is 13.5. The molecule has 0 aromatic heterocycles. The van der Waals surface area contributed by atoms with Gasteiger partial charge in [0.15, 0.2) is 6.29 Å². The van der Waals surface area contributed by atoms with Crippen LogP contribution in [0.5, 0.6) is 11.5 Å². The van der Waals surface area contributed by atoms with E-state index < -0.39 is 47.6 Å². The summed E-state index contributed by atoms with van der Waals surface area (Å²) in [5.74, 6) is -0.922. The first-order valence-corrected chi connectivity index (χ1v) is 12.6. The van der Waals surface area contributed by atoms with E-state index >= 15 is 0 Å². The number of rotatable bonds is 13. The van der Waals surface area contributed by atoms with Gasteiger partial charge in [0.05, 0.1) is 31.8 Å². The summed E-state index contributed by atoms with van der Waals surface area (Å²) in [5, 5.41) is 10.6. The van der Waals surface area contributed by atoms with Crippen LogP contribution in [0.2, 0.25) is 0 Å². The van der Waals surface area contributed by atoms with E-state index in [4.69, 9.17) is 23.7 Å². The average Bonchev–Trinajstić information content (AvgIpc) is 2.99. The van der Waals surface area contributed by atoms with Crippen LogP contribution < -0.4 is 9.47 Å². The van der Waals surface area contributed by atoms with Crippen molar-refractivity contribution in [2.24, 2.45) is 5.41 Å². The number of hydrogen-bond acceptors (Lipinski definition) is 8. The van der Waals surface area contributed by atoms with Crippen molar-refractivity contribution in [1.29, 1.82) is 0 Å². The van der Waals surface area contributed by atoms with Gasteiger partial charge in [0.1, 0.15) is 35.8 Å². The van der Waals surface area contributed by atoms with Gasteiger partial charge >= 0.3 is 18.1 Å². The number of para-hydroxylation sites is 2. The zero-order valence-corrected chi connectivity index (χ0v) is 22.8. The number of halogens is 3. The van der Waals surface area contributed by atoms with Gasteiger partial charge in [0.25, 0.3) is 0 Å². The second kappa shape index (κ2) is 14.0. The molecule has 220 valence electrons. The van der Waals surface area contributed by atoms with E-state index in [1.807, 2.05) is 0 Å². The number of carbonyl (C=O) groups is 2. The average molecular weight is 577 g/mol. The number of aliphatic hydroxyl groups is 1. The van der Waals surface area contributed by atoms with Crippen LogP contribution in [0.3, 0.4) is 0 Å². The standard InChI is InChI=1S/C30H31F3O8/c1-4-29(18-40-27(35)21-12-6-9-15-24(21)37-2,19-41-28(36)22-13-7-10-16-25(22)38-3)17-39-26(34)20-11-5-8-14-23(20)30(31,32)33/h5-16,26,34H,4,17-19H2,1-3H3. The number of esters is 2. The van der Waals surface area contributed by atoms with Gasteiger partial charge in [-0.15, -0.1) is 0 Å². The highest BCUT2D eigenvalue weighted by Crippen LogP contribution is 2.36. The fourth-order valence-electron chi connectivity index (χ4n) is 3.97. The molecule has 3 aromatic rings. The third-order valence-corrected chi connectivity index (χ3v) is 6.50. The van der Waals surface area contributed by atoms with Gasteiger partial charge in [-0.05, 0) is 36.8 Å². The Balaban J connectivity index is 1.84. The Labute approximate surface area is 235 Å². The summed E-state index contributed by atoms with van der Waals surface area (Å²) >= 11 is 0. The van der Waals surface area contributed by atoms with Crippen molar-refractivity contribution < 1.29 is 51.6 Å². The van der Waals surface area contributed by atoms with Crippen LogP contribution in [0.4, 0.5) is 13.2 Å². The molecule has 0 bridgehead atoms. The minimum absolute atomic E-state index is 0.145. The molecule has 0 spiro atoms. The number of aliphatic hydroxyl groups excluding tert-OH is 1. The SMILES string of the molecule is CCC(COC(=O)c1ccccc1OC)(COC(=O)c1ccccc1OC)COC(O)c1ccccc1C(F)(F)F. The molecule has 3 aromatic carbocycles. The monoisotopic (exact) mass is 576 g/mol. The van der Waals surface area contributed by atoms with Gasteiger partial charge in [0.2, 0.25) is 0 Å². The smallest absolute Gasteiger partial charge is 0.416 e. The van der Waals surface area contributed by atoms with Crippen LogP contribution in [0.25, 0.3) is 0 Å². The van der Waals surface area contributed by atoms with Gasteiger partial charge in [0, 0.05) is 5.56 Å². The molecule has 41 heavy (non-hydrogen) atoms. The van der Waals surface area contributed by atoms with E-state index in [1.165, 1.54) is 38.5 Å². The Morgan fingerprint density at radius 3 is 1.68 bits per heavy atom. The fraction of sp³-hybridized carbons (Fsp3) is 0.333. The maximum Gasteiger partial charge on any atom is 0.416 e. The Kier molecular flexibility index (Phi) is 10.7. The molecule has 0 aliphatic heterocycles. The highest BCUT2D eigenvalue weighted by molar-refractivity contribution is 5.93. The zero-order valence-electron chi connectivity index (χ0n) is 22.8. The van der Waals surface area contributed by atoms with E-state index in [-0.39, 0.29) is 42.3 Å². The van der Waals surface area contributed by atoms with Gasteiger partial charge in [-0.3, -0.25) is 0 Å². The minimum Gasteiger partial charge on any atom is -0.496 e. The van der Waals surface area contributed by atoms with Crippen LogP contribution >= 0.6 is 0 Å². The van der Waals surface area contributed by atoms with Crippen molar-refractivity contribution in [3.05, 3.63) is 95.1 Å². The highest BCUT2D eigenvalue weighted by atomic mass is 19.4. The molecular formula is C30H31F3O8. The van der Waals surface area contributed by atoms with Crippen LogP contribution in [0.1, 0.15) is 51.5 Å². The summed E-state index contributed by atoms with van der Waals surface area (Å²) in [5.41, 5.74) is -2.50. The van der Waals surface area contributed by atoms with Crippen LogP contribution in [-0.4, -0.2) is 51.1 Å². The zero-order chi connectivity index (χ0) is 30.0. The topological polar surface area (TPSA) is 101 Å². The quantitative estimate of drug-likeness (QED) is 0.200. The number of carbonyl (C=O) groups excluding carboxylic acids is 2. The molecule has 1 unspecified atom stereocenters. The number of benzene rings is 3. The molecule has 11 heteroatoms. The molecule has 1 atom stereocenters. The third-order valence-electron chi connectivity index (χ3n) is 6.50. The lowest BCUT2D eigenvalue weighted by Crippen LogP contribution is -2.39. The van der Waals surface area contributed by atoms with Crippen LogP contribution in [0.15, 0.2) is 72.8 Å². The van der Waals surface area contributed by atoms with Crippen LogP contribution in [0, 0.1) is 5.41 Å². The van der Waals surface area contributed by atoms with Gasteiger partial charge in [-0.1, -0.05) is 49.4 Å². The van der Waals surface area contributed by atoms with E-state index in [1.54, 1.807) is 43.3 Å². The molecular weight excluding hydrogens is 545 g/mol. The molecule has 0 fully saturated rings. The van der Waals surface area contributed by atoms with E-state index in [2.05, 4.69) is 0 Å². The first-order chi connectivity index (χ1) is 19.5. The molecule has 0 heterocycles. The van der Waals surface area contributed by atoms with Gasteiger partial charge < -0.3 is 28.8 Å². The lowest BCUT2D eigenvalue weighted by atomic mass is 9.87. The predicted octanol–water partition coefficient (Wildman–Crippen LogP) is 5.84. The summed E-state index contributed by atoms with van der Waals surface area (Å²) in [7, 11) is 2.79. The van der Waals surface area contributed by atoms with Crippen molar-refractivity contribution in [2.75, 3.05) is 34.0 Å². The lowest BCUT2D eigenvalue weighted by Gasteiger charge is -2.32. The third kappa shape index (κ3) is 7.99. The van der Waals surface area contributed by atoms with Crippen LogP contribution in [-0.2, 0) is 20.4 Å². The molecule has 0 amide bonds. The van der Waals surface area contributed by atoms with Crippen molar-refractivity contribution >= 4 is 11.9 Å². The number of alkyl halides is 3. The molecule has 0 saturated carbocycles. The predicted molar refractivity (Wildman–Crippen MR) is 142 cm³/mol. The number of methoxy groups -OCH3 is 2. The Hall–Kier alpha value is -4.09. The summed E-state index contributed by atoms with van der Waals surface area (Å²) in [6, 6.07) is 17.2. The second-order valence-corrected chi connectivity index (χ2v) is 9.15. The van der Waals surface area contributed by atoms with Gasteiger partial charge in [-0.25, -0.2) is 9.59 Å². The minimum atomic E-state index is -4.72. The second-order valence-electron chi connectivity index (χ2n) is 9.15. The summed E-state index contributed by atoms with van der Waals surface area (Å²) in [6.45, 7) is 0.572. The van der Waals surface area contributed by atoms with Crippen molar-refractivity contribution in [3.8, 4) is 11.5 Å². The fourth-order valence-corrected chi connectivity index (χ4v) is 3.97. The first kappa shape index (κ1) is 31.4. The van der Waals surface area contributed by atoms with E-state index in [0.717, 1.165) is 12.1 Å². The van der Waals surface area contributed by atoms with Crippen molar-refractivity contribution in [2.45, 2.75) is 25.8 Å². The molecule has 0 saturated heterocycles. The molecule has 3 rings (SSSR count). The van der Waals surface area contributed by atoms with E-state index in [0.29, 0.717) is 0 Å². The molecule has 8 nitrogen and oxygen atoms in total. The molecule has 0 aliphatic carbocycles. The number of hydrogen-bond donors (Lipinski definition) is 1. The summed E-state index contributed by atoms with van der Waals surface area (Å²) in [4.78, 5) is 25.8. The normalized spacial score (nSPS) is 12.4. The Bertz CT molecular complexity index is 1260. The molecule has 1 N–H and O–H groups in total. The number of ether oxygens (including phenoxy) is 5. The summed E-state index contributed by atoms with van der Waals surface area (Å²) < 4.78 is 67.6. The Morgan fingerprint density at radius 2 is 1.22 bits per heavy atom. The lowest BCUT2D eigenvalue weighted by molar-refractivity contribution is -0.160. The molecule has 0 radical (unpaired) electrons. The maximum absolute atomic E-state index is 13.5. The first-order valence-electron chi connectivity index (χ1n) is 12.6. The van der Waals surface area contributed by atoms with E-state index in [9.17, 15) is 27.9 Å². The summed E-state index contributed by atoms with van der Waals surface area (Å²) in [6.07, 6.45) is -6.50. The largest absolute Gasteiger partial charge is 0.496 e. The molecule has 0 aliphatic rings. The van der Waals surface area contributed by atoms with Gasteiger partial charge in [-0.2, -0.15) is 13.2 Å². The van der Waals surface area contributed by atoms with Crippen molar-refractivity contribution in [3.63, 3.8) is 0 Å². The highest BCUT2D eigenvalue weighted by Gasteiger charge is 2.38.